The van der Waals surface area contributed by atoms with E-state index in [-0.39, 0.29) is 12.1 Å². The highest BCUT2D eigenvalue weighted by Crippen LogP contribution is 2.17. The SMILES string of the molecule is COc1ccc(-c2ccc(=O)n(CCF)[nH+]2)cc1. The van der Waals surface area contributed by atoms with E-state index >= 15 is 0 Å². The molecule has 1 heterocycles. The highest BCUT2D eigenvalue weighted by Gasteiger charge is 2.09. The van der Waals surface area contributed by atoms with E-state index in [4.69, 9.17) is 4.74 Å². The summed E-state index contributed by atoms with van der Waals surface area (Å²) < 4.78 is 18.6. The van der Waals surface area contributed by atoms with Gasteiger partial charge >= 0.3 is 5.56 Å². The Morgan fingerprint density at radius 2 is 1.94 bits per heavy atom. The average Bonchev–Trinajstić information content (AvgIpc) is 2.42. The summed E-state index contributed by atoms with van der Waals surface area (Å²) in [5.74, 6) is 0.760. The first kappa shape index (κ1) is 12.3. The highest BCUT2D eigenvalue weighted by atomic mass is 19.1. The summed E-state index contributed by atoms with van der Waals surface area (Å²) in [6, 6.07) is 10.5. The normalized spacial score (nSPS) is 10.3. The molecule has 0 aliphatic carbocycles. The molecule has 0 saturated heterocycles. The Morgan fingerprint density at radius 1 is 1.22 bits per heavy atom. The lowest BCUT2D eigenvalue weighted by atomic mass is 10.1. The first-order chi connectivity index (χ1) is 8.74. The van der Waals surface area contributed by atoms with Crippen molar-refractivity contribution in [1.82, 2.24) is 4.68 Å². The van der Waals surface area contributed by atoms with Crippen molar-refractivity contribution in [3.63, 3.8) is 0 Å². The number of nitrogens with zero attached hydrogens (tertiary/aromatic N) is 1. The Labute approximate surface area is 104 Å². The number of halogens is 1. The first-order valence-electron chi connectivity index (χ1n) is 5.58. The van der Waals surface area contributed by atoms with Gasteiger partial charge in [0.2, 0.25) is 5.69 Å². The number of aryl methyl sites for hydroxylation is 1. The predicted molar refractivity (Wildman–Crippen MR) is 65.2 cm³/mol. The van der Waals surface area contributed by atoms with Gasteiger partial charge in [-0.15, -0.1) is 9.78 Å². The van der Waals surface area contributed by atoms with Crippen molar-refractivity contribution >= 4 is 0 Å². The lowest BCUT2D eigenvalue weighted by Crippen LogP contribution is -2.36. The largest absolute Gasteiger partial charge is 0.497 e. The van der Waals surface area contributed by atoms with Crippen molar-refractivity contribution in [1.29, 1.82) is 0 Å². The number of rotatable bonds is 4. The molecule has 0 bridgehead atoms. The van der Waals surface area contributed by atoms with Crippen LogP contribution in [0.5, 0.6) is 5.75 Å². The minimum Gasteiger partial charge on any atom is -0.497 e. The predicted octanol–water partition coefficient (Wildman–Crippen LogP) is 1.31. The van der Waals surface area contributed by atoms with Gasteiger partial charge < -0.3 is 4.74 Å². The summed E-state index contributed by atoms with van der Waals surface area (Å²) in [5.41, 5.74) is 1.42. The highest BCUT2D eigenvalue weighted by molar-refractivity contribution is 5.56. The van der Waals surface area contributed by atoms with Gasteiger partial charge in [0.25, 0.3) is 0 Å². The molecule has 2 aromatic rings. The van der Waals surface area contributed by atoms with Gasteiger partial charge in [0.15, 0.2) is 0 Å². The Bertz CT molecular complexity index is 578. The molecule has 0 aliphatic heterocycles. The number of alkyl halides is 1. The average molecular weight is 249 g/mol. The van der Waals surface area contributed by atoms with Gasteiger partial charge in [-0.1, -0.05) is 0 Å². The van der Waals surface area contributed by atoms with E-state index in [0.29, 0.717) is 0 Å². The third-order valence-electron chi connectivity index (χ3n) is 2.62. The number of ether oxygens (including phenoxy) is 1. The summed E-state index contributed by atoms with van der Waals surface area (Å²) in [7, 11) is 1.60. The summed E-state index contributed by atoms with van der Waals surface area (Å²) in [6.07, 6.45) is 0. The monoisotopic (exact) mass is 249 g/mol. The van der Waals surface area contributed by atoms with Crippen LogP contribution in [0.25, 0.3) is 11.3 Å². The molecule has 0 atom stereocenters. The lowest BCUT2D eigenvalue weighted by Gasteiger charge is -2.01. The maximum absolute atomic E-state index is 12.3. The second kappa shape index (κ2) is 5.44. The molecule has 0 saturated carbocycles. The molecule has 0 aliphatic rings. The van der Waals surface area contributed by atoms with E-state index in [1.165, 1.54) is 10.7 Å². The minimum absolute atomic E-state index is 0.0306. The van der Waals surface area contributed by atoms with Crippen molar-refractivity contribution in [3.8, 4) is 17.0 Å². The topological polar surface area (TPSA) is 45.4 Å². The maximum atomic E-state index is 12.3. The fourth-order valence-electron chi connectivity index (χ4n) is 1.66. The van der Waals surface area contributed by atoms with Crippen LogP contribution in [0.3, 0.4) is 0 Å². The first-order valence-corrected chi connectivity index (χ1v) is 5.58. The fraction of sp³-hybridized carbons (Fsp3) is 0.231. The lowest BCUT2D eigenvalue weighted by molar-refractivity contribution is -0.487. The second-order valence-corrected chi connectivity index (χ2v) is 3.77. The molecular formula is C13H14FN2O2+. The molecule has 0 fully saturated rings. The molecule has 1 aromatic carbocycles. The van der Waals surface area contributed by atoms with Crippen LogP contribution in [0.4, 0.5) is 4.39 Å². The summed E-state index contributed by atoms with van der Waals surface area (Å²) in [6.45, 7) is -0.550. The van der Waals surface area contributed by atoms with Crippen molar-refractivity contribution in [2.24, 2.45) is 0 Å². The zero-order chi connectivity index (χ0) is 13.0. The summed E-state index contributed by atoms with van der Waals surface area (Å²) in [4.78, 5) is 11.4. The van der Waals surface area contributed by atoms with Crippen LogP contribution in [0, 0.1) is 0 Å². The van der Waals surface area contributed by atoms with Crippen LogP contribution in [0.15, 0.2) is 41.2 Å². The van der Waals surface area contributed by atoms with Gasteiger partial charge in [0.05, 0.1) is 7.11 Å². The standard InChI is InChI=1S/C13H13FN2O2/c1-18-11-4-2-10(3-5-11)12-6-7-13(17)16(15-12)9-8-14/h2-7H,8-9H2,1H3/p+1. The van der Waals surface area contributed by atoms with Crippen LogP contribution in [0.2, 0.25) is 0 Å². The summed E-state index contributed by atoms with van der Waals surface area (Å²) in [5, 5.41) is 2.89. The molecule has 18 heavy (non-hydrogen) atoms. The third-order valence-corrected chi connectivity index (χ3v) is 2.62. The molecule has 0 unspecified atom stereocenters. The molecule has 94 valence electrons. The third kappa shape index (κ3) is 2.56. The van der Waals surface area contributed by atoms with Gasteiger partial charge in [-0.05, 0) is 24.3 Å². The van der Waals surface area contributed by atoms with Gasteiger partial charge in [0.1, 0.15) is 19.0 Å². The van der Waals surface area contributed by atoms with E-state index in [1.54, 1.807) is 13.2 Å². The number of hydrogen-bond donors (Lipinski definition) is 0. The van der Waals surface area contributed by atoms with Crippen molar-refractivity contribution in [3.05, 3.63) is 46.8 Å². The van der Waals surface area contributed by atoms with Gasteiger partial charge in [-0.3, -0.25) is 4.79 Å². The van der Waals surface area contributed by atoms with Crippen LogP contribution < -0.4 is 15.4 Å². The molecule has 1 aromatic heterocycles. The fourth-order valence-corrected chi connectivity index (χ4v) is 1.66. The van der Waals surface area contributed by atoms with Crippen molar-refractivity contribution in [2.45, 2.75) is 6.54 Å². The van der Waals surface area contributed by atoms with E-state index in [1.807, 2.05) is 24.3 Å². The molecule has 0 amide bonds. The Hall–Kier alpha value is -2.17. The van der Waals surface area contributed by atoms with Gasteiger partial charge in [0, 0.05) is 17.7 Å². The van der Waals surface area contributed by atoms with Crippen molar-refractivity contribution < 1.29 is 14.2 Å². The number of aromatic nitrogens is 2. The number of H-pyrrole nitrogens is 1. The zero-order valence-corrected chi connectivity index (χ0v) is 10.0. The van der Waals surface area contributed by atoms with E-state index in [2.05, 4.69) is 5.10 Å². The van der Waals surface area contributed by atoms with Crippen LogP contribution in [-0.4, -0.2) is 18.5 Å². The molecule has 5 heteroatoms. The number of aromatic amines is 1. The quantitative estimate of drug-likeness (QED) is 0.820. The van der Waals surface area contributed by atoms with E-state index in [9.17, 15) is 9.18 Å². The zero-order valence-electron chi connectivity index (χ0n) is 10.0. The van der Waals surface area contributed by atoms with E-state index in [0.717, 1.165) is 17.0 Å². The molecular weight excluding hydrogens is 235 g/mol. The van der Waals surface area contributed by atoms with Crippen molar-refractivity contribution in [2.75, 3.05) is 13.8 Å². The molecule has 1 N–H and O–H groups in total. The number of methoxy groups -OCH3 is 1. The Morgan fingerprint density at radius 3 is 2.56 bits per heavy atom. The molecule has 0 spiro atoms. The molecule has 0 radical (unpaired) electrons. The Kier molecular flexibility index (Phi) is 3.72. The summed E-state index contributed by atoms with van der Waals surface area (Å²) >= 11 is 0. The van der Waals surface area contributed by atoms with Crippen LogP contribution >= 0.6 is 0 Å². The maximum Gasteiger partial charge on any atom is 0.300 e. The van der Waals surface area contributed by atoms with Gasteiger partial charge in [-0.2, -0.15) is 0 Å². The number of hydrogen-bond acceptors (Lipinski definition) is 2. The minimum atomic E-state index is -0.581. The number of nitrogens with one attached hydrogen (secondary N) is 1. The smallest absolute Gasteiger partial charge is 0.300 e. The Balaban J connectivity index is 2.37. The van der Waals surface area contributed by atoms with E-state index < -0.39 is 6.67 Å². The second-order valence-electron chi connectivity index (χ2n) is 3.77. The van der Waals surface area contributed by atoms with Crippen LogP contribution in [-0.2, 0) is 6.54 Å². The van der Waals surface area contributed by atoms with Crippen LogP contribution in [0.1, 0.15) is 0 Å². The molecule has 4 nitrogen and oxygen atoms in total. The molecule has 2 rings (SSSR count). The number of benzene rings is 1. The van der Waals surface area contributed by atoms with Gasteiger partial charge in [-0.25, -0.2) is 4.39 Å².